The molecule has 1 aliphatic heterocycles. The van der Waals surface area contributed by atoms with Gasteiger partial charge >= 0.3 is 0 Å². The van der Waals surface area contributed by atoms with Crippen LogP contribution in [0, 0.1) is 3.57 Å². The van der Waals surface area contributed by atoms with Crippen molar-refractivity contribution < 1.29 is 19.1 Å². The molecule has 0 N–H and O–H groups in total. The van der Waals surface area contributed by atoms with Gasteiger partial charge in [-0.05, 0) is 88.8 Å². The van der Waals surface area contributed by atoms with Crippen LogP contribution in [0.1, 0.15) is 23.6 Å². The molecule has 0 bridgehead atoms. The molecule has 3 aromatic rings. The molecule has 0 saturated carbocycles. The molecular weight excluding hydrogens is 620 g/mol. The van der Waals surface area contributed by atoms with E-state index in [4.69, 9.17) is 32.7 Å². The lowest BCUT2D eigenvalue weighted by Crippen LogP contribution is -2.27. The zero-order valence-corrected chi connectivity index (χ0v) is 23.1. The molecule has 0 spiro atoms. The highest BCUT2D eigenvalue weighted by molar-refractivity contribution is 14.1. The van der Waals surface area contributed by atoms with Crippen LogP contribution in [-0.2, 0) is 17.9 Å². The number of rotatable bonds is 8. The van der Waals surface area contributed by atoms with Gasteiger partial charge in [-0.1, -0.05) is 53.5 Å². The third-order valence-electron chi connectivity index (χ3n) is 5.06. The van der Waals surface area contributed by atoms with E-state index < -0.39 is 0 Å². The highest BCUT2D eigenvalue weighted by atomic mass is 127. The first-order valence-corrected chi connectivity index (χ1v) is 13.3. The Morgan fingerprint density at radius 1 is 1.03 bits per heavy atom. The number of imide groups is 1. The predicted octanol–water partition coefficient (Wildman–Crippen LogP) is 7.81. The Hall–Kier alpha value is -2.20. The second-order valence-electron chi connectivity index (χ2n) is 7.54. The SMILES string of the molecule is CCOc1cc(/C=C2\SC(=O)N(Cc3cccc(Cl)c3)C2=O)cc(I)c1OCc1ccccc1Cl. The summed E-state index contributed by atoms with van der Waals surface area (Å²) in [6.45, 7) is 2.79. The molecule has 35 heavy (non-hydrogen) atoms. The van der Waals surface area contributed by atoms with Crippen molar-refractivity contribution in [2.24, 2.45) is 0 Å². The Kier molecular flexibility index (Phi) is 8.64. The summed E-state index contributed by atoms with van der Waals surface area (Å²) in [4.78, 5) is 27.1. The van der Waals surface area contributed by atoms with Crippen molar-refractivity contribution in [3.63, 3.8) is 0 Å². The van der Waals surface area contributed by atoms with Crippen LogP contribution in [-0.4, -0.2) is 22.7 Å². The van der Waals surface area contributed by atoms with Crippen molar-refractivity contribution in [1.82, 2.24) is 4.90 Å². The molecule has 4 rings (SSSR count). The fourth-order valence-corrected chi connectivity index (χ4v) is 5.47. The van der Waals surface area contributed by atoms with Crippen LogP contribution >= 0.6 is 57.6 Å². The number of halogens is 3. The summed E-state index contributed by atoms with van der Waals surface area (Å²) in [5.74, 6) is 0.807. The maximum absolute atomic E-state index is 13.0. The van der Waals surface area contributed by atoms with E-state index in [2.05, 4.69) is 22.6 Å². The second kappa shape index (κ2) is 11.7. The Balaban J connectivity index is 1.56. The third-order valence-corrected chi connectivity index (χ3v) is 7.38. The van der Waals surface area contributed by atoms with Gasteiger partial charge in [0, 0.05) is 15.6 Å². The predicted molar refractivity (Wildman–Crippen MR) is 149 cm³/mol. The number of carbonyl (C=O) groups excluding carboxylic acids is 2. The van der Waals surface area contributed by atoms with Gasteiger partial charge in [-0.3, -0.25) is 14.5 Å². The first-order valence-electron chi connectivity index (χ1n) is 10.7. The summed E-state index contributed by atoms with van der Waals surface area (Å²) in [6.07, 6.45) is 1.70. The van der Waals surface area contributed by atoms with E-state index in [-0.39, 0.29) is 24.3 Å². The molecule has 0 radical (unpaired) electrons. The summed E-state index contributed by atoms with van der Waals surface area (Å²) in [5, 5.41) is 0.867. The lowest BCUT2D eigenvalue weighted by Gasteiger charge is -2.15. The van der Waals surface area contributed by atoms with E-state index in [1.54, 1.807) is 30.3 Å². The van der Waals surface area contributed by atoms with E-state index in [9.17, 15) is 9.59 Å². The highest BCUT2D eigenvalue weighted by Crippen LogP contribution is 2.38. The number of nitrogens with zero attached hydrogens (tertiary/aromatic N) is 1. The summed E-state index contributed by atoms with van der Waals surface area (Å²) >= 11 is 15.4. The summed E-state index contributed by atoms with van der Waals surface area (Å²) in [6, 6.07) is 18.3. The average molecular weight is 640 g/mol. The van der Waals surface area contributed by atoms with Crippen molar-refractivity contribution >= 4 is 74.8 Å². The molecule has 0 aliphatic carbocycles. The number of ether oxygens (including phenoxy) is 2. The maximum Gasteiger partial charge on any atom is 0.293 e. The van der Waals surface area contributed by atoms with E-state index in [1.165, 1.54) is 4.90 Å². The minimum atomic E-state index is -0.341. The Bertz CT molecular complexity index is 1310. The number of amides is 2. The number of thioether (sulfide) groups is 1. The smallest absolute Gasteiger partial charge is 0.293 e. The number of benzene rings is 3. The zero-order chi connectivity index (χ0) is 24.9. The molecule has 180 valence electrons. The first-order chi connectivity index (χ1) is 16.9. The molecule has 2 amide bonds. The van der Waals surface area contributed by atoms with E-state index >= 15 is 0 Å². The molecular formula is C26H20Cl2INO4S. The van der Waals surface area contributed by atoms with Gasteiger partial charge in [-0.15, -0.1) is 0 Å². The lowest BCUT2D eigenvalue weighted by molar-refractivity contribution is -0.123. The van der Waals surface area contributed by atoms with Crippen molar-refractivity contribution in [3.05, 3.63) is 95.9 Å². The van der Waals surface area contributed by atoms with Crippen molar-refractivity contribution in [2.45, 2.75) is 20.1 Å². The van der Waals surface area contributed by atoms with Crippen LogP contribution in [0.2, 0.25) is 10.0 Å². The average Bonchev–Trinajstić information content (AvgIpc) is 3.07. The topological polar surface area (TPSA) is 55.8 Å². The number of hydrogen-bond acceptors (Lipinski definition) is 5. The molecule has 1 aliphatic rings. The Morgan fingerprint density at radius 3 is 2.57 bits per heavy atom. The molecule has 9 heteroatoms. The van der Waals surface area contributed by atoms with Crippen LogP contribution in [0.15, 0.2) is 65.6 Å². The molecule has 0 unspecified atom stereocenters. The molecule has 1 saturated heterocycles. The third kappa shape index (κ3) is 6.33. The number of hydrogen-bond donors (Lipinski definition) is 0. The van der Waals surface area contributed by atoms with Crippen molar-refractivity contribution in [2.75, 3.05) is 6.61 Å². The minimum Gasteiger partial charge on any atom is -0.490 e. The zero-order valence-electron chi connectivity index (χ0n) is 18.6. The molecule has 0 atom stereocenters. The Morgan fingerprint density at radius 2 is 1.83 bits per heavy atom. The molecule has 5 nitrogen and oxygen atoms in total. The van der Waals surface area contributed by atoms with Gasteiger partial charge in [0.05, 0.1) is 21.6 Å². The van der Waals surface area contributed by atoms with Crippen molar-refractivity contribution in [3.8, 4) is 11.5 Å². The van der Waals surface area contributed by atoms with Crippen LogP contribution in [0.4, 0.5) is 4.79 Å². The fraction of sp³-hybridized carbons (Fsp3) is 0.154. The first kappa shape index (κ1) is 25.9. The van der Waals surface area contributed by atoms with Crippen LogP contribution in [0.25, 0.3) is 6.08 Å². The Labute approximate surface area is 231 Å². The van der Waals surface area contributed by atoms with Gasteiger partial charge < -0.3 is 9.47 Å². The van der Waals surface area contributed by atoms with Gasteiger partial charge in [-0.2, -0.15) is 0 Å². The number of carbonyl (C=O) groups is 2. The molecule has 1 fully saturated rings. The highest BCUT2D eigenvalue weighted by Gasteiger charge is 2.35. The largest absolute Gasteiger partial charge is 0.490 e. The van der Waals surface area contributed by atoms with Gasteiger partial charge in [0.2, 0.25) is 0 Å². The van der Waals surface area contributed by atoms with Gasteiger partial charge in [-0.25, -0.2) is 0 Å². The van der Waals surface area contributed by atoms with Crippen LogP contribution < -0.4 is 9.47 Å². The summed E-state index contributed by atoms with van der Waals surface area (Å²) < 4.78 is 12.7. The molecule has 1 heterocycles. The lowest BCUT2D eigenvalue weighted by atomic mass is 10.1. The minimum absolute atomic E-state index is 0.166. The normalized spacial score (nSPS) is 14.6. The van der Waals surface area contributed by atoms with Crippen LogP contribution in [0.5, 0.6) is 11.5 Å². The van der Waals surface area contributed by atoms with Gasteiger partial charge in [0.25, 0.3) is 11.1 Å². The maximum atomic E-state index is 13.0. The van der Waals surface area contributed by atoms with Crippen molar-refractivity contribution in [1.29, 1.82) is 0 Å². The fourth-order valence-electron chi connectivity index (χ4n) is 3.45. The second-order valence-corrected chi connectivity index (χ2v) is 10.5. The van der Waals surface area contributed by atoms with Crippen LogP contribution in [0.3, 0.4) is 0 Å². The van der Waals surface area contributed by atoms with E-state index in [1.807, 2.05) is 43.3 Å². The van der Waals surface area contributed by atoms with Gasteiger partial charge in [0.15, 0.2) is 11.5 Å². The summed E-state index contributed by atoms with van der Waals surface area (Å²) in [5.41, 5.74) is 2.38. The van der Waals surface area contributed by atoms with E-state index in [0.29, 0.717) is 33.1 Å². The molecule has 3 aromatic carbocycles. The summed E-state index contributed by atoms with van der Waals surface area (Å²) in [7, 11) is 0. The monoisotopic (exact) mass is 639 g/mol. The molecule has 0 aromatic heterocycles. The standard InChI is InChI=1S/C26H20Cl2INO4S/c1-2-33-22-12-17(11-21(29)24(22)34-15-18-7-3-4-9-20(18)28)13-23-25(31)30(26(32)35-23)14-16-6-5-8-19(27)10-16/h3-13H,2,14-15H2,1H3/b23-13-. The quantitative estimate of drug-likeness (QED) is 0.186. The van der Waals surface area contributed by atoms with E-state index in [0.717, 1.165) is 32.0 Å². The van der Waals surface area contributed by atoms with Gasteiger partial charge in [0.1, 0.15) is 6.61 Å².